The van der Waals surface area contributed by atoms with Crippen molar-refractivity contribution in [1.29, 1.82) is 0 Å². The zero-order valence-electron chi connectivity index (χ0n) is 15.5. The number of rotatable bonds is 9. The second-order valence-corrected chi connectivity index (χ2v) is 7.52. The van der Waals surface area contributed by atoms with E-state index in [1.165, 1.54) is 12.8 Å². The van der Waals surface area contributed by atoms with E-state index >= 15 is 0 Å². The molecule has 0 aliphatic heterocycles. The van der Waals surface area contributed by atoms with Gasteiger partial charge in [0.05, 0.1) is 5.92 Å². The van der Waals surface area contributed by atoms with Crippen molar-refractivity contribution in [1.82, 2.24) is 10.2 Å². The summed E-state index contributed by atoms with van der Waals surface area (Å²) in [7, 11) is 0. The fraction of sp³-hybridized carbons (Fsp3) is 0.737. The molecule has 0 radical (unpaired) electrons. The number of nitrogens with zero attached hydrogens (tertiary/aromatic N) is 1. The van der Waals surface area contributed by atoms with Crippen molar-refractivity contribution >= 4 is 30.7 Å². The molecule has 0 spiro atoms. The molecule has 146 valence electrons. The molecule has 2 rings (SSSR count). The van der Waals surface area contributed by atoms with Crippen LogP contribution in [0.2, 0.25) is 0 Å². The van der Waals surface area contributed by atoms with Crippen LogP contribution in [0.4, 0.5) is 0 Å². The zero-order chi connectivity index (χ0) is 17.0. The topological polar surface area (TPSA) is 58.4 Å². The Bertz CT molecular complexity index is 432. The van der Waals surface area contributed by atoms with Crippen molar-refractivity contribution in [2.45, 2.75) is 45.2 Å². The minimum absolute atomic E-state index is 0. The van der Waals surface area contributed by atoms with Crippen molar-refractivity contribution in [3.05, 3.63) is 25.3 Å². The van der Waals surface area contributed by atoms with E-state index in [9.17, 15) is 4.79 Å². The first kappa shape index (κ1) is 24.5. The van der Waals surface area contributed by atoms with Gasteiger partial charge in [-0.3, -0.25) is 9.69 Å². The van der Waals surface area contributed by atoms with Crippen molar-refractivity contribution in [2.24, 2.45) is 29.4 Å². The lowest BCUT2D eigenvalue weighted by atomic mass is 9.84. The maximum atomic E-state index is 12.7. The molecule has 3 N–H and O–H groups in total. The predicted octanol–water partition coefficient (Wildman–Crippen LogP) is 3.02. The normalized spacial score (nSPS) is 28.2. The molecule has 1 amide bonds. The number of amides is 1. The average molecular weight is 392 g/mol. The highest BCUT2D eigenvalue weighted by Crippen LogP contribution is 2.47. The molecule has 5 atom stereocenters. The number of hydrogen-bond acceptors (Lipinski definition) is 3. The maximum absolute atomic E-state index is 12.7. The molecule has 2 fully saturated rings. The molecule has 4 nitrogen and oxygen atoms in total. The Balaban J connectivity index is 0.00000288. The van der Waals surface area contributed by atoms with Crippen LogP contribution < -0.4 is 11.1 Å². The third kappa shape index (κ3) is 5.72. The summed E-state index contributed by atoms with van der Waals surface area (Å²) in [5.41, 5.74) is 6.29. The zero-order valence-corrected chi connectivity index (χ0v) is 17.2. The van der Waals surface area contributed by atoms with Crippen LogP contribution in [-0.2, 0) is 4.79 Å². The van der Waals surface area contributed by atoms with E-state index in [1.807, 2.05) is 12.2 Å². The van der Waals surface area contributed by atoms with Gasteiger partial charge < -0.3 is 11.1 Å². The molecule has 2 bridgehead atoms. The number of fused-ring (bicyclic) bond motifs is 2. The lowest BCUT2D eigenvalue weighted by molar-refractivity contribution is -0.127. The van der Waals surface area contributed by atoms with Crippen LogP contribution in [0.25, 0.3) is 0 Å². The Labute approximate surface area is 165 Å². The SMILES string of the molecule is C=CCN(CC=C)C(CNC(=O)C1C2CCC(C2)C1N)C(C)C.Cl.Cl. The molecule has 0 heterocycles. The summed E-state index contributed by atoms with van der Waals surface area (Å²) in [6.45, 7) is 14.3. The van der Waals surface area contributed by atoms with Gasteiger partial charge in [0.1, 0.15) is 0 Å². The number of hydrogen-bond donors (Lipinski definition) is 2. The van der Waals surface area contributed by atoms with Gasteiger partial charge in [0, 0.05) is 31.7 Å². The first-order valence-electron chi connectivity index (χ1n) is 8.98. The molecule has 0 aromatic heterocycles. The fourth-order valence-electron chi connectivity index (χ4n) is 4.51. The monoisotopic (exact) mass is 391 g/mol. The third-order valence-electron chi connectivity index (χ3n) is 5.73. The van der Waals surface area contributed by atoms with Gasteiger partial charge >= 0.3 is 0 Å². The van der Waals surface area contributed by atoms with Crippen LogP contribution in [0.1, 0.15) is 33.1 Å². The predicted molar refractivity (Wildman–Crippen MR) is 110 cm³/mol. The van der Waals surface area contributed by atoms with E-state index in [0.717, 1.165) is 19.5 Å². The Morgan fingerprint density at radius 3 is 2.20 bits per heavy atom. The van der Waals surface area contributed by atoms with Crippen LogP contribution in [0.15, 0.2) is 25.3 Å². The summed E-state index contributed by atoms with van der Waals surface area (Å²) < 4.78 is 0. The Morgan fingerprint density at radius 1 is 1.20 bits per heavy atom. The van der Waals surface area contributed by atoms with Crippen LogP contribution >= 0.6 is 24.8 Å². The van der Waals surface area contributed by atoms with Crippen LogP contribution in [0, 0.1) is 23.7 Å². The van der Waals surface area contributed by atoms with Crippen molar-refractivity contribution in [2.75, 3.05) is 19.6 Å². The second kappa shape index (κ2) is 11.2. The number of nitrogens with two attached hydrogens (primary N) is 1. The molecular formula is C19H35Cl2N3O. The van der Waals surface area contributed by atoms with Crippen LogP contribution in [-0.4, -0.2) is 42.5 Å². The lowest BCUT2D eigenvalue weighted by Crippen LogP contribution is -2.51. The summed E-state index contributed by atoms with van der Waals surface area (Å²) in [5, 5.41) is 3.19. The molecule has 2 aliphatic rings. The van der Waals surface area contributed by atoms with E-state index in [0.29, 0.717) is 24.3 Å². The Hall–Kier alpha value is -0.550. The quantitative estimate of drug-likeness (QED) is 0.593. The molecule has 25 heavy (non-hydrogen) atoms. The number of nitrogens with one attached hydrogen (secondary N) is 1. The summed E-state index contributed by atoms with van der Waals surface area (Å²) >= 11 is 0. The van der Waals surface area contributed by atoms with E-state index in [-0.39, 0.29) is 48.7 Å². The molecule has 2 aliphatic carbocycles. The number of halogens is 2. The van der Waals surface area contributed by atoms with Gasteiger partial charge in [0.25, 0.3) is 0 Å². The lowest BCUT2D eigenvalue weighted by Gasteiger charge is -2.34. The van der Waals surface area contributed by atoms with Gasteiger partial charge in [0.15, 0.2) is 0 Å². The van der Waals surface area contributed by atoms with E-state index in [1.54, 1.807) is 0 Å². The van der Waals surface area contributed by atoms with Crippen molar-refractivity contribution in [3.8, 4) is 0 Å². The van der Waals surface area contributed by atoms with Gasteiger partial charge in [-0.05, 0) is 37.0 Å². The Kier molecular flexibility index (Phi) is 11.0. The first-order chi connectivity index (χ1) is 11.0. The van der Waals surface area contributed by atoms with Gasteiger partial charge in [-0.25, -0.2) is 0 Å². The summed E-state index contributed by atoms with van der Waals surface area (Å²) in [6, 6.07) is 0.341. The van der Waals surface area contributed by atoms with Crippen molar-refractivity contribution < 1.29 is 4.79 Å². The molecule has 0 aromatic carbocycles. The highest BCUT2D eigenvalue weighted by molar-refractivity contribution is 5.85. The minimum Gasteiger partial charge on any atom is -0.354 e. The molecule has 2 saturated carbocycles. The van der Waals surface area contributed by atoms with Gasteiger partial charge in [-0.2, -0.15) is 0 Å². The van der Waals surface area contributed by atoms with Crippen LogP contribution in [0.5, 0.6) is 0 Å². The van der Waals surface area contributed by atoms with Crippen LogP contribution in [0.3, 0.4) is 0 Å². The minimum atomic E-state index is 0. The molecule has 6 heteroatoms. The summed E-state index contributed by atoms with van der Waals surface area (Å²) in [4.78, 5) is 15.0. The first-order valence-corrected chi connectivity index (χ1v) is 8.98. The second-order valence-electron chi connectivity index (χ2n) is 7.52. The largest absolute Gasteiger partial charge is 0.354 e. The molecule has 0 saturated heterocycles. The maximum Gasteiger partial charge on any atom is 0.225 e. The van der Waals surface area contributed by atoms with Crippen molar-refractivity contribution in [3.63, 3.8) is 0 Å². The molecule has 0 aromatic rings. The van der Waals surface area contributed by atoms with E-state index < -0.39 is 0 Å². The fourth-order valence-corrected chi connectivity index (χ4v) is 4.51. The Morgan fingerprint density at radius 2 is 1.76 bits per heavy atom. The number of carbonyl (C=O) groups is 1. The van der Waals surface area contributed by atoms with E-state index in [2.05, 4.69) is 37.2 Å². The average Bonchev–Trinajstić information content (AvgIpc) is 3.08. The summed E-state index contributed by atoms with van der Waals surface area (Å²) in [6.07, 6.45) is 7.34. The highest BCUT2D eigenvalue weighted by atomic mass is 35.5. The molecule has 5 unspecified atom stereocenters. The molecular weight excluding hydrogens is 357 g/mol. The van der Waals surface area contributed by atoms with Gasteiger partial charge in [-0.15, -0.1) is 38.0 Å². The standard InChI is InChI=1S/C19H33N3O.2ClH/c1-5-9-22(10-6-2)16(13(3)4)12-21-19(23)17-14-7-8-15(11-14)18(17)20;;/h5-6,13-18H,1-2,7-12,20H2,3-4H3,(H,21,23);2*1H. The van der Waals surface area contributed by atoms with E-state index in [4.69, 9.17) is 5.73 Å². The van der Waals surface area contributed by atoms with Gasteiger partial charge in [0.2, 0.25) is 5.91 Å². The summed E-state index contributed by atoms with van der Waals surface area (Å²) in [5.74, 6) is 1.70. The van der Waals surface area contributed by atoms with Gasteiger partial charge in [-0.1, -0.05) is 26.0 Å². The smallest absolute Gasteiger partial charge is 0.225 e. The highest BCUT2D eigenvalue weighted by Gasteiger charge is 2.49. The number of carbonyl (C=O) groups excluding carboxylic acids is 1. The third-order valence-corrected chi connectivity index (χ3v) is 5.73.